The van der Waals surface area contributed by atoms with E-state index >= 15 is 0 Å². The van der Waals surface area contributed by atoms with E-state index in [0.29, 0.717) is 36.3 Å². The molecule has 0 bridgehead atoms. The van der Waals surface area contributed by atoms with Crippen LogP contribution in [0.2, 0.25) is 0 Å². The highest BCUT2D eigenvalue weighted by Crippen LogP contribution is 2.34. The largest absolute Gasteiger partial charge is 0.388 e. The van der Waals surface area contributed by atoms with E-state index in [0.717, 1.165) is 22.2 Å². The van der Waals surface area contributed by atoms with E-state index in [1.165, 1.54) is 18.3 Å². The van der Waals surface area contributed by atoms with Gasteiger partial charge in [0.2, 0.25) is 0 Å². The van der Waals surface area contributed by atoms with Crippen LogP contribution in [0.25, 0.3) is 27.9 Å². The molecule has 2 aromatic carbocycles. The summed E-state index contributed by atoms with van der Waals surface area (Å²) in [7, 11) is 0. The third kappa shape index (κ3) is 4.22. The van der Waals surface area contributed by atoms with Crippen LogP contribution in [-0.4, -0.2) is 47.7 Å². The minimum atomic E-state index is -0.844. The number of carbonyl (C=O) groups is 1. The summed E-state index contributed by atoms with van der Waals surface area (Å²) >= 11 is 0. The maximum absolute atomic E-state index is 14.8. The van der Waals surface area contributed by atoms with Gasteiger partial charge >= 0.3 is 0 Å². The molecule has 9 heteroatoms. The average Bonchev–Trinajstić information content (AvgIpc) is 3.49. The van der Waals surface area contributed by atoms with E-state index in [-0.39, 0.29) is 12.1 Å². The van der Waals surface area contributed by atoms with Crippen molar-refractivity contribution in [1.29, 1.82) is 0 Å². The van der Waals surface area contributed by atoms with Gasteiger partial charge in [-0.1, -0.05) is 18.2 Å². The Balaban J connectivity index is 1.26. The van der Waals surface area contributed by atoms with Gasteiger partial charge in [0.15, 0.2) is 0 Å². The molecule has 3 heterocycles. The van der Waals surface area contributed by atoms with Crippen LogP contribution in [0.4, 0.5) is 4.39 Å². The lowest BCUT2D eigenvalue weighted by Crippen LogP contribution is -2.33. The maximum atomic E-state index is 14.8. The van der Waals surface area contributed by atoms with Crippen molar-refractivity contribution in [3.63, 3.8) is 0 Å². The topological polar surface area (TPSA) is 105 Å². The molecule has 1 saturated carbocycles. The first-order valence-corrected chi connectivity index (χ1v) is 11.3. The first-order chi connectivity index (χ1) is 17.0. The summed E-state index contributed by atoms with van der Waals surface area (Å²) in [5.41, 5.74) is 2.87. The standard InChI is InChI=1S/C26H21FN6O2/c27-21-12-18(4-5-20(21)24(34)31-15-26(35)7-8-26)23-14-30-25-29-13-19(33(25)32-23)11-16-3-6-22-17(10-16)2-1-9-28-22/h1-6,9-10,12-14,35H,7-8,11,15H2,(H,31,34). The summed E-state index contributed by atoms with van der Waals surface area (Å²) in [6, 6.07) is 14.3. The number of pyridine rings is 1. The van der Waals surface area contributed by atoms with Crippen LogP contribution in [0.3, 0.4) is 0 Å². The lowest BCUT2D eigenvalue weighted by atomic mass is 10.1. The lowest BCUT2D eigenvalue weighted by Gasteiger charge is -2.11. The van der Waals surface area contributed by atoms with Gasteiger partial charge in [0.1, 0.15) is 11.5 Å². The minimum Gasteiger partial charge on any atom is -0.388 e. The van der Waals surface area contributed by atoms with Crippen molar-refractivity contribution < 1.29 is 14.3 Å². The third-order valence-electron chi connectivity index (χ3n) is 6.27. The number of benzene rings is 2. The number of hydrogen-bond acceptors (Lipinski definition) is 6. The van der Waals surface area contributed by atoms with Gasteiger partial charge in [-0.3, -0.25) is 9.78 Å². The van der Waals surface area contributed by atoms with Gasteiger partial charge in [0.05, 0.1) is 34.8 Å². The normalized spacial score (nSPS) is 14.3. The molecular weight excluding hydrogens is 447 g/mol. The monoisotopic (exact) mass is 468 g/mol. The average molecular weight is 468 g/mol. The van der Waals surface area contributed by atoms with Gasteiger partial charge in [-0.05, 0) is 48.7 Å². The summed E-state index contributed by atoms with van der Waals surface area (Å²) < 4.78 is 16.4. The zero-order valence-electron chi connectivity index (χ0n) is 18.6. The molecule has 3 aromatic heterocycles. The number of aliphatic hydroxyl groups is 1. The molecule has 0 atom stereocenters. The first kappa shape index (κ1) is 21.3. The number of hydrogen-bond donors (Lipinski definition) is 2. The Morgan fingerprint density at radius 1 is 1.09 bits per heavy atom. The highest BCUT2D eigenvalue weighted by Gasteiger charge is 2.40. The van der Waals surface area contributed by atoms with Crippen molar-refractivity contribution in [2.75, 3.05) is 6.54 Å². The smallest absolute Gasteiger partial charge is 0.254 e. The molecule has 1 amide bonds. The molecule has 6 rings (SSSR count). The second-order valence-corrected chi connectivity index (χ2v) is 8.91. The second-order valence-electron chi connectivity index (χ2n) is 8.91. The van der Waals surface area contributed by atoms with E-state index in [1.807, 2.05) is 24.3 Å². The van der Waals surface area contributed by atoms with Crippen molar-refractivity contribution in [2.24, 2.45) is 0 Å². The van der Waals surface area contributed by atoms with Crippen molar-refractivity contribution in [1.82, 2.24) is 29.9 Å². The van der Waals surface area contributed by atoms with Gasteiger partial charge in [-0.2, -0.15) is 5.10 Å². The number of imidazole rings is 1. The Kier molecular flexibility index (Phi) is 5.00. The molecule has 5 aromatic rings. The fourth-order valence-electron chi connectivity index (χ4n) is 4.04. The zero-order valence-corrected chi connectivity index (χ0v) is 18.6. The van der Waals surface area contributed by atoms with E-state index in [2.05, 4.69) is 31.4 Å². The number of aromatic nitrogens is 5. The van der Waals surface area contributed by atoms with E-state index in [4.69, 9.17) is 0 Å². The summed E-state index contributed by atoms with van der Waals surface area (Å²) in [6.07, 6.45) is 6.90. The number of fused-ring (bicyclic) bond motifs is 2. The maximum Gasteiger partial charge on any atom is 0.254 e. The molecular formula is C26H21FN6O2. The summed E-state index contributed by atoms with van der Waals surface area (Å²) in [5, 5.41) is 18.2. The van der Waals surface area contributed by atoms with E-state index in [9.17, 15) is 14.3 Å². The number of rotatable bonds is 6. The number of amides is 1. The summed E-state index contributed by atoms with van der Waals surface area (Å²) in [6.45, 7) is 0.117. The Labute approximate surface area is 199 Å². The van der Waals surface area contributed by atoms with E-state index < -0.39 is 17.3 Å². The second kappa shape index (κ2) is 8.21. The summed E-state index contributed by atoms with van der Waals surface area (Å²) in [5.74, 6) is -0.778. The predicted molar refractivity (Wildman–Crippen MR) is 127 cm³/mol. The first-order valence-electron chi connectivity index (χ1n) is 11.3. The van der Waals surface area contributed by atoms with Gasteiger partial charge in [0.25, 0.3) is 11.7 Å². The van der Waals surface area contributed by atoms with Crippen LogP contribution >= 0.6 is 0 Å². The Morgan fingerprint density at radius 2 is 1.94 bits per heavy atom. The van der Waals surface area contributed by atoms with E-state index in [1.54, 1.807) is 23.0 Å². The number of nitrogens with one attached hydrogen (secondary N) is 1. The predicted octanol–water partition coefficient (Wildman–Crippen LogP) is 3.32. The quantitative estimate of drug-likeness (QED) is 0.396. The lowest BCUT2D eigenvalue weighted by molar-refractivity contribution is 0.0892. The molecule has 8 nitrogen and oxygen atoms in total. The number of carbonyl (C=O) groups excluding carboxylic acids is 1. The van der Waals surface area contributed by atoms with Crippen LogP contribution in [0.5, 0.6) is 0 Å². The van der Waals surface area contributed by atoms with Gasteiger partial charge in [0, 0.05) is 30.1 Å². The molecule has 1 fully saturated rings. The Bertz CT molecular complexity index is 1590. The molecule has 0 saturated heterocycles. The highest BCUT2D eigenvalue weighted by molar-refractivity contribution is 5.95. The third-order valence-corrected chi connectivity index (χ3v) is 6.27. The van der Waals surface area contributed by atoms with Gasteiger partial charge < -0.3 is 10.4 Å². The number of halogens is 1. The molecule has 1 aliphatic carbocycles. The van der Waals surface area contributed by atoms with Crippen LogP contribution in [0.1, 0.15) is 34.5 Å². The molecule has 0 spiro atoms. The molecule has 2 N–H and O–H groups in total. The van der Waals surface area contributed by atoms with Crippen molar-refractivity contribution in [3.8, 4) is 11.3 Å². The van der Waals surface area contributed by atoms with Crippen LogP contribution in [-0.2, 0) is 6.42 Å². The molecule has 35 heavy (non-hydrogen) atoms. The fraction of sp³-hybridized carbons (Fsp3) is 0.192. The Hall–Kier alpha value is -4.24. The van der Waals surface area contributed by atoms with Crippen molar-refractivity contribution in [2.45, 2.75) is 24.9 Å². The van der Waals surface area contributed by atoms with Gasteiger partial charge in [-0.15, -0.1) is 0 Å². The Morgan fingerprint density at radius 3 is 2.77 bits per heavy atom. The molecule has 0 unspecified atom stereocenters. The van der Waals surface area contributed by atoms with Crippen LogP contribution < -0.4 is 5.32 Å². The molecule has 1 aliphatic rings. The zero-order chi connectivity index (χ0) is 24.0. The SMILES string of the molecule is O=C(NCC1(O)CC1)c1ccc(-c2cnc3ncc(Cc4ccc5ncccc5c4)n3n2)cc1F. The highest BCUT2D eigenvalue weighted by atomic mass is 19.1. The van der Waals surface area contributed by atoms with Crippen LogP contribution in [0.15, 0.2) is 67.1 Å². The molecule has 0 radical (unpaired) electrons. The fourth-order valence-corrected chi connectivity index (χ4v) is 4.04. The van der Waals surface area contributed by atoms with Gasteiger partial charge in [-0.25, -0.2) is 18.9 Å². The summed E-state index contributed by atoms with van der Waals surface area (Å²) in [4.78, 5) is 25.4. The number of nitrogens with zero attached hydrogens (tertiary/aromatic N) is 5. The van der Waals surface area contributed by atoms with Crippen molar-refractivity contribution >= 4 is 22.6 Å². The molecule has 174 valence electrons. The van der Waals surface area contributed by atoms with Crippen LogP contribution in [0, 0.1) is 5.82 Å². The van der Waals surface area contributed by atoms with Crippen molar-refractivity contribution in [3.05, 3.63) is 89.8 Å². The minimum absolute atomic E-state index is 0.0823. The molecule has 0 aliphatic heterocycles.